The van der Waals surface area contributed by atoms with E-state index in [0.29, 0.717) is 6.54 Å². The highest BCUT2D eigenvalue weighted by atomic mass is 16.2. The standard InChI is InChI=1S/C13H19N3O2/c1-9-4-6-11(7-5-9)8-16(3)10(2)12(17)15-13(14)18/h4-7,10H,8H2,1-3H3,(H3,14,15,17,18)/p+1/t10-/m0/s1. The zero-order chi connectivity index (χ0) is 13.7. The second-order valence-electron chi connectivity index (χ2n) is 4.58. The van der Waals surface area contributed by atoms with E-state index in [0.717, 1.165) is 10.5 Å². The first kappa shape index (κ1) is 14.2. The van der Waals surface area contributed by atoms with Gasteiger partial charge in [-0.3, -0.25) is 10.1 Å². The minimum absolute atomic E-state index is 0.334. The molecule has 2 atom stereocenters. The average Bonchev–Trinajstić information content (AvgIpc) is 2.30. The molecule has 0 aromatic heterocycles. The molecule has 1 rings (SSSR count). The fraction of sp³-hybridized carbons (Fsp3) is 0.385. The molecule has 0 saturated carbocycles. The molecule has 5 heteroatoms. The predicted octanol–water partition coefficient (Wildman–Crippen LogP) is -0.407. The highest BCUT2D eigenvalue weighted by Gasteiger charge is 2.22. The molecule has 1 aromatic rings. The highest BCUT2D eigenvalue weighted by Crippen LogP contribution is 2.01. The molecule has 0 heterocycles. The highest BCUT2D eigenvalue weighted by molar-refractivity contribution is 5.95. The van der Waals surface area contributed by atoms with Crippen LogP contribution >= 0.6 is 0 Å². The molecule has 5 nitrogen and oxygen atoms in total. The Morgan fingerprint density at radius 3 is 2.39 bits per heavy atom. The van der Waals surface area contributed by atoms with Crippen LogP contribution in [-0.4, -0.2) is 25.0 Å². The smallest absolute Gasteiger partial charge is 0.319 e. The summed E-state index contributed by atoms with van der Waals surface area (Å²) in [4.78, 5) is 23.2. The summed E-state index contributed by atoms with van der Waals surface area (Å²) in [5, 5.41) is 2.10. The van der Waals surface area contributed by atoms with Crippen molar-refractivity contribution in [2.75, 3.05) is 7.05 Å². The maximum atomic E-state index is 11.6. The molecule has 0 aliphatic heterocycles. The van der Waals surface area contributed by atoms with Gasteiger partial charge in [-0.2, -0.15) is 0 Å². The molecular weight excluding hydrogens is 230 g/mol. The van der Waals surface area contributed by atoms with E-state index >= 15 is 0 Å². The SMILES string of the molecule is Cc1ccc(C[NH+](C)[C@@H](C)C(=O)NC(N)=O)cc1. The van der Waals surface area contributed by atoms with E-state index in [-0.39, 0.29) is 11.9 Å². The number of nitrogens with one attached hydrogen (secondary N) is 2. The Kier molecular flexibility index (Phi) is 4.85. The van der Waals surface area contributed by atoms with E-state index in [1.807, 2.05) is 38.2 Å². The molecule has 0 radical (unpaired) electrons. The van der Waals surface area contributed by atoms with E-state index in [4.69, 9.17) is 5.73 Å². The molecule has 1 unspecified atom stereocenters. The average molecular weight is 250 g/mol. The molecule has 0 bridgehead atoms. The maximum absolute atomic E-state index is 11.6. The van der Waals surface area contributed by atoms with Gasteiger partial charge in [-0.05, 0) is 13.8 Å². The number of likely N-dealkylation sites (N-methyl/N-ethyl adjacent to an activating group) is 1. The van der Waals surface area contributed by atoms with Gasteiger partial charge in [-0.1, -0.05) is 29.8 Å². The Morgan fingerprint density at radius 1 is 1.33 bits per heavy atom. The molecule has 18 heavy (non-hydrogen) atoms. The molecular formula is C13H20N3O2+. The number of rotatable bonds is 4. The normalized spacial score (nSPS) is 13.7. The first-order valence-electron chi connectivity index (χ1n) is 5.88. The van der Waals surface area contributed by atoms with Gasteiger partial charge in [0.1, 0.15) is 6.54 Å². The quantitative estimate of drug-likeness (QED) is 0.679. The fourth-order valence-corrected chi connectivity index (χ4v) is 1.63. The topological polar surface area (TPSA) is 76.6 Å². The predicted molar refractivity (Wildman–Crippen MR) is 69.0 cm³/mol. The number of carbonyl (C=O) groups excluding carboxylic acids is 2. The molecule has 0 fully saturated rings. The third kappa shape index (κ3) is 4.18. The van der Waals surface area contributed by atoms with Gasteiger partial charge in [-0.15, -0.1) is 0 Å². The molecule has 98 valence electrons. The number of urea groups is 1. The number of aryl methyl sites for hydroxylation is 1. The van der Waals surface area contributed by atoms with Crippen LogP contribution in [0.25, 0.3) is 0 Å². The van der Waals surface area contributed by atoms with Crippen molar-refractivity contribution < 1.29 is 14.5 Å². The van der Waals surface area contributed by atoms with Crippen molar-refractivity contribution in [2.45, 2.75) is 26.4 Å². The number of hydrogen-bond donors (Lipinski definition) is 3. The monoisotopic (exact) mass is 250 g/mol. The number of benzene rings is 1. The first-order valence-corrected chi connectivity index (χ1v) is 5.88. The lowest BCUT2D eigenvalue weighted by atomic mass is 10.1. The van der Waals surface area contributed by atoms with Crippen LogP contribution < -0.4 is 16.0 Å². The van der Waals surface area contributed by atoms with Crippen molar-refractivity contribution >= 4 is 11.9 Å². The summed E-state index contributed by atoms with van der Waals surface area (Å²) in [6.45, 7) is 4.51. The second kappa shape index (κ2) is 6.16. The summed E-state index contributed by atoms with van der Waals surface area (Å²) in [6.07, 6.45) is 0. The van der Waals surface area contributed by atoms with E-state index in [1.165, 1.54) is 5.56 Å². The Bertz CT molecular complexity index is 428. The number of imide groups is 1. The lowest BCUT2D eigenvalue weighted by Gasteiger charge is -2.20. The molecule has 0 spiro atoms. The van der Waals surface area contributed by atoms with Crippen LogP contribution in [0.4, 0.5) is 4.79 Å². The van der Waals surface area contributed by atoms with Crippen LogP contribution in [0.3, 0.4) is 0 Å². The second-order valence-corrected chi connectivity index (χ2v) is 4.58. The van der Waals surface area contributed by atoms with E-state index in [9.17, 15) is 9.59 Å². The van der Waals surface area contributed by atoms with E-state index in [2.05, 4.69) is 5.32 Å². The minimum atomic E-state index is -0.810. The summed E-state index contributed by atoms with van der Waals surface area (Å²) in [6, 6.07) is 7.01. The van der Waals surface area contributed by atoms with Gasteiger partial charge >= 0.3 is 6.03 Å². The van der Waals surface area contributed by atoms with Crippen LogP contribution in [0.1, 0.15) is 18.1 Å². The number of carbonyl (C=O) groups is 2. The first-order chi connectivity index (χ1) is 8.40. The Balaban J connectivity index is 2.59. The van der Waals surface area contributed by atoms with Gasteiger partial charge in [0, 0.05) is 5.56 Å². The number of primary amides is 1. The van der Waals surface area contributed by atoms with Gasteiger partial charge in [0.2, 0.25) is 0 Å². The zero-order valence-corrected chi connectivity index (χ0v) is 11.0. The van der Waals surface area contributed by atoms with Gasteiger partial charge < -0.3 is 10.6 Å². The molecule has 0 saturated heterocycles. The van der Waals surface area contributed by atoms with Crippen molar-refractivity contribution in [3.8, 4) is 0 Å². The Hall–Kier alpha value is -1.88. The number of nitrogens with two attached hydrogens (primary N) is 1. The van der Waals surface area contributed by atoms with Crippen LogP contribution in [-0.2, 0) is 11.3 Å². The van der Waals surface area contributed by atoms with Gasteiger partial charge in [0.05, 0.1) is 7.05 Å². The molecule has 0 aliphatic rings. The van der Waals surface area contributed by atoms with Crippen LogP contribution in [0.2, 0.25) is 0 Å². The third-order valence-electron chi connectivity index (χ3n) is 2.98. The number of hydrogen-bond acceptors (Lipinski definition) is 2. The summed E-state index contributed by atoms with van der Waals surface area (Å²) in [5.74, 6) is -0.355. The van der Waals surface area contributed by atoms with E-state index < -0.39 is 6.03 Å². The van der Waals surface area contributed by atoms with E-state index in [1.54, 1.807) is 6.92 Å². The Morgan fingerprint density at radius 2 is 1.89 bits per heavy atom. The van der Waals surface area contributed by atoms with Crippen molar-refractivity contribution in [1.82, 2.24) is 5.32 Å². The zero-order valence-electron chi connectivity index (χ0n) is 11.0. The van der Waals surface area contributed by atoms with Crippen LogP contribution in [0.15, 0.2) is 24.3 Å². The summed E-state index contributed by atoms with van der Waals surface area (Å²) in [5.41, 5.74) is 7.27. The number of quaternary nitrogens is 1. The minimum Gasteiger partial charge on any atom is -0.351 e. The van der Waals surface area contributed by atoms with Crippen LogP contribution in [0, 0.1) is 6.92 Å². The van der Waals surface area contributed by atoms with Crippen molar-refractivity contribution in [2.24, 2.45) is 5.73 Å². The van der Waals surface area contributed by atoms with Gasteiger partial charge in [0.25, 0.3) is 5.91 Å². The lowest BCUT2D eigenvalue weighted by molar-refractivity contribution is -0.908. The lowest BCUT2D eigenvalue weighted by Crippen LogP contribution is -3.12. The fourth-order valence-electron chi connectivity index (χ4n) is 1.63. The van der Waals surface area contributed by atoms with Gasteiger partial charge in [0.15, 0.2) is 6.04 Å². The molecule has 1 aromatic carbocycles. The summed E-state index contributed by atoms with van der Waals surface area (Å²) in [7, 11) is 1.91. The third-order valence-corrected chi connectivity index (χ3v) is 2.98. The van der Waals surface area contributed by atoms with Crippen molar-refractivity contribution in [1.29, 1.82) is 0 Å². The molecule has 4 N–H and O–H groups in total. The Labute approximate surface area is 107 Å². The van der Waals surface area contributed by atoms with Crippen LogP contribution in [0.5, 0.6) is 0 Å². The largest absolute Gasteiger partial charge is 0.351 e. The molecule has 3 amide bonds. The van der Waals surface area contributed by atoms with Crippen molar-refractivity contribution in [3.63, 3.8) is 0 Å². The van der Waals surface area contributed by atoms with Crippen molar-refractivity contribution in [3.05, 3.63) is 35.4 Å². The maximum Gasteiger partial charge on any atom is 0.319 e. The molecule has 0 aliphatic carbocycles. The summed E-state index contributed by atoms with van der Waals surface area (Å²) >= 11 is 0. The number of amides is 3. The summed E-state index contributed by atoms with van der Waals surface area (Å²) < 4.78 is 0. The van der Waals surface area contributed by atoms with Gasteiger partial charge in [-0.25, -0.2) is 4.79 Å².